The van der Waals surface area contributed by atoms with E-state index >= 15 is 0 Å². The molecule has 36 heavy (non-hydrogen) atoms. The zero-order valence-corrected chi connectivity index (χ0v) is 23.4. The smallest absolute Gasteiger partial charge is 0.303 e. The zero-order valence-electron chi connectivity index (χ0n) is 21.7. The van der Waals surface area contributed by atoms with E-state index in [1.807, 2.05) is 23.9 Å². The highest BCUT2D eigenvalue weighted by molar-refractivity contribution is 7.99. The number of carboxylic acids is 2. The molecule has 1 unspecified atom stereocenters. The van der Waals surface area contributed by atoms with Crippen molar-refractivity contribution in [2.24, 2.45) is 0 Å². The Balaban J connectivity index is 3.51. The lowest BCUT2D eigenvalue weighted by atomic mass is 10.1. The molecule has 1 atom stereocenters. The average Bonchev–Trinajstić information content (AvgIpc) is 2.84. The summed E-state index contributed by atoms with van der Waals surface area (Å²) in [5, 5.41) is 17.6. The van der Waals surface area contributed by atoms with E-state index in [1.165, 1.54) is 0 Å². The van der Waals surface area contributed by atoms with Crippen LogP contribution in [-0.2, 0) is 9.59 Å². The quantitative estimate of drug-likeness (QED) is 0.0657. The first-order valence-corrected chi connectivity index (χ1v) is 14.8. The molecule has 0 aliphatic carbocycles. The van der Waals surface area contributed by atoms with E-state index in [-0.39, 0.29) is 12.8 Å². The number of allylic oxidation sites excluding steroid dienone is 12. The largest absolute Gasteiger partial charge is 0.481 e. The van der Waals surface area contributed by atoms with Crippen LogP contribution in [-0.4, -0.2) is 38.9 Å². The average molecular weight is 535 g/mol. The van der Waals surface area contributed by atoms with Gasteiger partial charge in [0.05, 0.1) is 0 Å². The van der Waals surface area contributed by atoms with Crippen molar-refractivity contribution in [2.75, 3.05) is 11.5 Å². The molecule has 0 fully saturated rings. The first kappa shape index (κ1) is 34.1. The molecule has 0 saturated heterocycles. The van der Waals surface area contributed by atoms with E-state index in [0.717, 1.165) is 75.7 Å². The summed E-state index contributed by atoms with van der Waals surface area (Å²) >= 11 is 6.57. The van der Waals surface area contributed by atoms with E-state index in [1.54, 1.807) is 0 Å². The molecule has 0 aromatic rings. The van der Waals surface area contributed by atoms with Crippen molar-refractivity contribution in [1.29, 1.82) is 0 Å². The molecule has 0 aliphatic rings. The minimum Gasteiger partial charge on any atom is -0.481 e. The second-order valence-corrected chi connectivity index (χ2v) is 10.4. The molecule has 0 aliphatic heterocycles. The number of hydrogen-bond acceptors (Lipinski definition) is 4. The van der Waals surface area contributed by atoms with Gasteiger partial charge in [0, 0.05) is 18.1 Å². The molecule has 0 bridgehead atoms. The molecular formula is C30H46O4S2. The summed E-state index contributed by atoms with van der Waals surface area (Å²) in [6.45, 7) is 0. The number of rotatable bonds is 24. The number of carbonyl (C=O) groups is 2. The van der Waals surface area contributed by atoms with Crippen LogP contribution in [0.25, 0.3) is 0 Å². The molecular weight excluding hydrogens is 488 g/mol. The minimum atomic E-state index is -0.750. The second-order valence-electron chi connectivity index (χ2n) is 8.42. The Kier molecular flexibility index (Phi) is 26.2. The van der Waals surface area contributed by atoms with Gasteiger partial charge in [0.25, 0.3) is 0 Å². The van der Waals surface area contributed by atoms with Crippen LogP contribution in [0, 0.1) is 0 Å². The first-order chi connectivity index (χ1) is 17.5. The Hall–Kier alpha value is -1.92. The highest BCUT2D eigenvalue weighted by atomic mass is 32.2. The van der Waals surface area contributed by atoms with E-state index in [2.05, 4.69) is 73.4 Å². The Labute approximate surface area is 228 Å². The maximum Gasteiger partial charge on any atom is 0.303 e. The number of thiol groups is 1. The highest BCUT2D eigenvalue weighted by Crippen LogP contribution is 2.16. The van der Waals surface area contributed by atoms with Gasteiger partial charge in [0.2, 0.25) is 0 Å². The van der Waals surface area contributed by atoms with Crippen molar-refractivity contribution in [2.45, 2.75) is 88.7 Å². The molecule has 0 radical (unpaired) electrons. The van der Waals surface area contributed by atoms with Gasteiger partial charge < -0.3 is 10.2 Å². The van der Waals surface area contributed by atoms with Gasteiger partial charge in [-0.25, -0.2) is 0 Å². The molecule has 0 aromatic carbocycles. The summed E-state index contributed by atoms with van der Waals surface area (Å²) < 4.78 is 0. The van der Waals surface area contributed by atoms with Crippen molar-refractivity contribution in [3.63, 3.8) is 0 Å². The third kappa shape index (κ3) is 30.1. The van der Waals surface area contributed by atoms with Gasteiger partial charge >= 0.3 is 11.9 Å². The van der Waals surface area contributed by atoms with Gasteiger partial charge in [-0.05, 0) is 75.7 Å². The molecule has 6 heteroatoms. The zero-order chi connectivity index (χ0) is 26.5. The fourth-order valence-electron chi connectivity index (χ4n) is 3.07. The highest BCUT2D eigenvalue weighted by Gasteiger charge is 2.04. The summed E-state index contributed by atoms with van der Waals surface area (Å²) in [7, 11) is 0. The summed E-state index contributed by atoms with van der Waals surface area (Å²) in [4.78, 5) is 20.9. The normalized spacial score (nSPS) is 13.5. The van der Waals surface area contributed by atoms with Gasteiger partial charge in [-0.2, -0.15) is 24.4 Å². The van der Waals surface area contributed by atoms with Crippen molar-refractivity contribution >= 4 is 36.3 Å². The number of carboxylic acid groups (broad SMARTS) is 2. The molecule has 0 aromatic heterocycles. The Bertz CT molecular complexity index is 720. The van der Waals surface area contributed by atoms with Crippen molar-refractivity contribution in [1.82, 2.24) is 0 Å². The molecule has 0 spiro atoms. The molecule has 0 saturated carbocycles. The Morgan fingerprint density at radius 1 is 0.583 bits per heavy atom. The summed E-state index contributed by atoms with van der Waals surface area (Å²) in [6.07, 6.45) is 36.4. The number of aliphatic carboxylic acids is 2. The van der Waals surface area contributed by atoms with Gasteiger partial charge in [-0.15, -0.1) is 0 Å². The fourth-order valence-corrected chi connectivity index (χ4v) is 4.52. The molecule has 2 N–H and O–H groups in total. The molecule has 0 amide bonds. The second kappa shape index (κ2) is 27.7. The van der Waals surface area contributed by atoms with Crippen molar-refractivity contribution in [3.8, 4) is 0 Å². The van der Waals surface area contributed by atoms with Crippen LogP contribution < -0.4 is 0 Å². The first-order valence-electron chi connectivity index (χ1n) is 13.1. The van der Waals surface area contributed by atoms with Crippen LogP contribution >= 0.6 is 24.4 Å². The molecule has 4 nitrogen and oxygen atoms in total. The fraction of sp³-hybridized carbons (Fsp3) is 0.533. The predicted octanol–water partition coefficient (Wildman–Crippen LogP) is 8.60. The van der Waals surface area contributed by atoms with E-state index in [4.69, 9.17) is 10.2 Å². The SMILES string of the molecule is O=C(O)CC/C=C\C/C=C\C/C=C\C/C=C\C/C=C\C/C=C\CCSCCC(S)CCCCC(=O)O. The van der Waals surface area contributed by atoms with Gasteiger partial charge in [0.15, 0.2) is 0 Å². The van der Waals surface area contributed by atoms with Gasteiger partial charge in [-0.1, -0.05) is 79.3 Å². The van der Waals surface area contributed by atoms with Crippen molar-refractivity contribution < 1.29 is 19.8 Å². The maximum atomic E-state index is 10.5. The standard InChI is InChI=1S/C30H46O4S2/c31-29(32)23-18-16-14-12-10-8-6-4-2-1-3-5-7-9-11-13-15-17-21-26-36-27-25-28(35)22-19-20-24-30(33)34/h2-5,8-11,14-17,28,35H,1,6-7,12-13,18-27H2,(H,31,32)(H,33,34)/b4-2-,5-3-,10-8-,11-9-,16-14-,17-15-. The Morgan fingerprint density at radius 2 is 1.03 bits per heavy atom. The lowest BCUT2D eigenvalue weighted by Gasteiger charge is -2.09. The summed E-state index contributed by atoms with van der Waals surface area (Å²) in [6, 6.07) is 0. The molecule has 0 rings (SSSR count). The summed E-state index contributed by atoms with van der Waals surface area (Å²) in [5.74, 6) is 0.798. The van der Waals surface area contributed by atoms with Crippen LogP contribution in [0.3, 0.4) is 0 Å². The molecule has 0 heterocycles. The van der Waals surface area contributed by atoms with Gasteiger partial charge in [0.1, 0.15) is 0 Å². The monoisotopic (exact) mass is 534 g/mol. The summed E-state index contributed by atoms with van der Waals surface area (Å²) in [5.41, 5.74) is 0. The van der Waals surface area contributed by atoms with Crippen LogP contribution in [0.1, 0.15) is 83.5 Å². The van der Waals surface area contributed by atoms with Crippen LogP contribution in [0.15, 0.2) is 72.9 Å². The number of thioether (sulfide) groups is 1. The van der Waals surface area contributed by atoms with Crippen LogP contribution in [0.2, 0.25) is 0 Å². The lowest BCUT2D eigenvalue weighted by Crippen LogP contribution is -2.02. The lowest BCUT2D eigenvalue weighted by molar-refractivity contribution is -0.138. The van der Waals surface area contributed by atoms with E-state index < -0.39 is 11.9 Å². The molecule has 202 valence electrons. The van der Waals surface area contributed by atoms with E-state index in [0.29, 0.717) is 11.7 Å². The number of unbranched alkanes of at least 4 members (excludes halogenated alkanes) is 1. The van der Waals surface area contributed by atoms with Crippen LogP contribution in [0.5, 0.6) is 0 Å². The third-order valence-corrected chi connectivity index (χ3v) is 6.65. The predicted molar refractivity (Wildman–Crippen MR) is 160 cm³/mol. The van der Waals surface area contributed by atoms with Gasteiger partial charge in [-0.3, -0.25) is 9.59 Å². The minimum absolute atomic E-state index is 0.198. The maximum absolute atomic E-state index is 10.5. The van der Waals surface area contributed by atoms with Crippen molar-refractivity contribution in [3.05, 3.63) is 72.9 Å². The van der Waals surface area contributed by atoms with Crippen LogP contribution in [0.4, 0.5) is 0 Å². The topological polar surface area (TPSA) is 74.6 Å². The van der Waals surface area contributed by atoms with E-state index in [9.17, 15) is 9.59 Å². The Morgan fingerprint density at radius 3 is 1.50 bits per heavy atom. The number of hydrogen-bond donors (Lipinski definition) is 3. The third-order valence-electron chi connectivity index (χ3n) is 5.09.